The standard InChI is InChI=1S/C39H47N3O14/c1-23(43)17-18-29(45)55-32-28(21-49-24(2)44)53-37(30(41-42-40)33(32)51-20-26-15-11-8-12-16-26)56-34-31(50-19-25-13-9-7-10-14-25)27(54-38(47)39(3,4)5)22-52-35(34)36(46)48-6/h7-16,22,28,30-35,37H,17-21H2,1-6H3/t28-,30-,31-,32-,33-,34+,35-,37-/m1/s1. The highest BCUT2D eigenvalue weighted by Gasteiger charge is 2.54. The van der Waals surface area contributed by atoms with Gasteiger partial charge < -0.3 is 47.4 Å². The topological polar surface area (TPSA) is 217 Å². The number of azide groups is 1. The lowest BCUT2D eigenvalue weighted by molar-refractivity contribution is -0.305. The Labute approximate surface area is 324 Å². The van der Waals surface area contributed by atoms with Gasteiger partial charge in [-0.05, 0) is 44.4 Å². The molecule has 56 heavy (non-hydrogen) atoms. The van der Waals surface area contributed by atoms with Crippen molar-refractivity contribution in [1.82, 2.24) is 0 Å². The Morgan fingerprint density at radius 2 is 1.48 bits per heavy atom. The van der Waals surface area contributed by atoms with E-state index in [1.807, 2.05) is 6.07 Å². The molecule has 2 aromatic rings. The number of esters is 4. The van der Waals surface area contributed by atoms with E-state index in [2.05, 4.69) is 10.0 Å². The highest BCUT2D eigenvalue weighted by Crippen LogP contribution is 2.36. The predicted octanol–water partition coefficient (Wildman–Crippen LogP) is 4.79. The third-order valence-corrected chi connectivity index (χ3v) is 8.51. The average Bonchev–Trinajstić information content (AvgIpc) is 3.16. The number of nitrogens with zero attached hydrogens (tertiary/aromatic N) is 3. The second kappa shape index (κ2) is 20.6. The summed E-state index contributed by atoms with van der Waals surface area (Å²) in [6.45, 7) is 6.81. The molecule has 2 heterocycles. The minimum Gasteiger partial charge on any atom is -0.480 e. The molecule has 0 radical (unpaired) electrons. The van der Waals surface area contributed by atoms with E-state index in [0.29, 0.717) is 5.56 Å². The molecule has 0 N–H and O–H groups in total. The molecular weight excluding hydrogens is 734 g/mol. The van der Waals surface area contributed by atoms with Crippen molar-refractivity contribution in [3.63, 3.8) is 0 Å². The summed E-state index contributed by atoms with van der Waals surface area (Å²) in [7, 11) is 1.13. The Morgan fingerprint density at radius 1 is 0.857 bits per heavy atom. The Balaban J connectivity index is 1.80. The SMILES string of the molecule is COC(=O)[C@@H]1OC=C(OC(=O)C(C)(C)C)[C@@H](OCc2ccccc2)[C@@H]1O[C@H]1O[C@H](COC(C)=O)[C@@H](OC(=O)CCC(C)=O)[C@H](OCc2ccccc2)[C@H]1N=[N+]=[N-]. The van der Waals surface area contributed by atoms with Gasteiger partial charge in [0.05, 0.1) is 32.2 Å². The molecule has 2 aromatic carbocycles. The number of hydrogen-bond donors (Lipinski definition) is 0. The summed E-state index contributed by atoms with van der Waals surface area (Å²) in [5.74, 6) is -3.44. The molecule has 0 aliphatic carbocycles. The highest BCUT2D eigenvalue weighted by atomic mass is 16.7. The van der Waals surface area contributed by atoms with E-state index in [1.165, 1.54) is 13.8 Å². The van der Waals surface area contributed by atoms with Crippen LogP contribution in [0.3, 0.4) is 0 Å². The summed E-state index contributed by atoms with van der Waals surface area (Å²) >= 11 is 0. The van der Waals surface area contributed by atoms with Crippen molar-refractivity contribution in [1.29, 1.82) is 0 Å². The molecule has 17 heteroatoms. The first kappa shape index (κ1) is 43.4. The molecule has 1 saturated heterocycles. The molecule has 1 fully saturated rings. The van der Waals surface area contributed by atoms with E-state index in [0.717, 1.165) is 18.9 Å². The lowest BCUT2D eigenvalue weighted by Gasteiger charge is -2.46. The Hall–Kier alpha value is -5.32. The van der Waals surface area contributed by atoms with Crippen LogP contribution >= 0.6 is 0 Å². The molecule has 0 amide bonds. The van der Waals surface area contributed by atoms with E-state index in [4.69, 9.17) is 42.6 Å². The molecule has 0 spiro atoms. The van der Waals surface area contributed by atoms with Gasteiger partial charge in [0.2, 0.25) is 6.10 Å². The van der Waals surface area contributed by atoms with Gasteiger partial charge in [-0.3, -0.25) is 14.4 Å². The summed E-state index contributed by atoms with van der Waals surface area (Å²) in [6.07, 6.45) is -9.39. The van der Waals surface area contributed by atoms with E-state index in [1.54, 1.807) is 75.4 Å². The van der Waals surface area contributed by atoms with Crippen molar-refractivity contribution in [2.75, 3.05) is 13.7 Å². The zero-order chi connectivity index (χ0) is 40.8. The van der Waals surface area contributed by atoms with Gasteiger partial charge in [0, 0.05) is 18.3 Å². The molecule has 17 nitrogen and oxygen atoms in total. The number of carbonyl (C=O) groups excluding carboxylic acids is 5. The molecule has 0 aromatic heterocycles. The van der Waals surface area contributed by atoms with E-state index >= 15 is 0 Å². The van der Waals surface area contributed by atoms with Crippen LogP contribution in [0.15, 0.2) is 77.8 Å². The maximum Gasteiger partial charge on any atom is 0.349 e. The third kappa shape index (κ3) is 12.3. The van der Waals surface area contributed by atoms with E-state index in [9.17, 15) is 29.5 Å². The Kier molecular flexibility index (Phi) is 15.9. The second-order valence-electron chi connectivity index (χ2n) is 14.0. The zero-order valence-corrected chi connectivity index (χ0v) is 32.1. The Bertz CT molecular complexity index is 1740. The molecule has 2 aliphatic heterocycles. The first-order valence-corrected chi connectivity index (χ1v) is 17.9. The van der Waals surface area contributed by atoms with Crippen molar-refractivity contribution in [2.45, 2.75) is 110 Å². The third-order valence-electron chi connectivity index (χ3n) is 8.51. The summed E-state index contributed by atoms with van der Waals surface area (Å²) in [5, 5.41) is 3.95. The average molecular weight is 782 g/mol. The van der Waals surface area contributed by atoms with Crippen molar-refractivity contribution in [3.8, 4) is 0 Å². The molecule has 2 aliphatic rings. The smallest absolute Gasteiger partial charge is 0.349 e. The second-order valence-corrected chi connectivity index (χ2v) is 14.0. The predicted molar refractivity (Wildman–Crippen MR) is 193 cm³/mol. The van der Waals surface area contributed by atoms with Crippen LogP contribution in [0.1, 0.15) is 58.6 Å². The Morgan fingerprint density at radius 3 is 2.04 bits per heavy atom. The van der Waals surface area contributed by atoms with Gasteiger partial charge in [-0.2, -0.15) is 0 Å². The van der Waals surface area contributed by atoms with Gasteiger partial charge in [-0.1, -0.05) is 65.8 Å². The van der Waals surface area contributed by atoms with Crippen molar-refractivity contribution in [3.05, 3.63) is 94.3 Å². The normalized spacial score (nSPS) is 24.6. The lowest BCUT2D eigenvalue weighted by Crippen LogP contribution is -2.63. The highest BCUT2D eigenvalue weighted by molar-refractivity contribution is 5.81. The van der Waals surface area contributed by atoms with Crippen LogP contribution in [0.25, 0.3) is 10.4 Å². The molecule has 302 valence electrons. The van der Waals surface area contributed by atoms with Crippen LogP contribution in [-0.4, -0.2) is 92.3 Å². The number of methoxy groups -OCH3 is 1. The molecule has 8 atom stereocenters. The largest absolute Gasteiger partial charge is 0.480 e. The number of benzene rings is 2. The van der Waals surface area contributed by atoms with Gasteiger partial charge in [0.25, 0.3) is 0 Å². The quantitative estimate of drug-likeness (QED) is 0.0693. The van der Waals surface area contributed by atoms with Gasteiger partial charge >= 0.3 is 23.9 Å². The summed E-state index contributed by atoms with van der Waals surface area (Å²) in [4.78, 5) is 66.3. The minimum atomic E-state index is -1.64. The number of Topliss-reactive ketones (excluding diaryl/α,β-unsaturated/α-hetero) is 1. The maximum absolute atomic E-state index is 13.3. The molecule has 0 unspecified atom stereocenters. The van der Waals surface area contributed by atoms with Gasteiger partial charge in [-0.25, -0.2) is 4.79 Å². The van der Waals surface area contributed by atoms with Crippen molar-refractivity contribution < 1.29 is 66.6 Å². The first-order chi connectivity index (χ1) is 26.7. The number of ether oxygens (including phenoxy) is 9. The first-order valence-electron chi connectivity index (χ1n) is 17.9. The van der Waals surface area contributed by atoms with Gasteiger partial charge in [0.1, 0.15) is 49.1 Å². The summed E-state index contributed by atoms with van der Waals surface area (Å²) in [6, 6.07) is 16.5. The van der Waals surface area contributed by atoms with Crippen LogP contribution in [0.5, 0.6) is 0 Å². The fourth-order valence-corrected chi connectivity index (χ4v) is 5.60. The number of rotatable bonds is 17. The lowest BCUT2D eigenvalue weighted by atomic mass is 9.95. The van der Waals surface area contributed by atoms with E-state index in [-0.39, 0.29) is 37.6 Å². The van der Waals surface area contributed by atoms with Crippen LogP contribution in [0.4, 0.5) is 0 Å². The van der Waals surface area contributed by atoms with Gasteiger partial charge in [0.15, 0.2) is 18.2 Å². The van der Waals surface area contributed by atoms with Crippen LogP contribution in [0, 0.1) is 5.41 Å². The number of carbonyl (C=O) groups is 5. The number of hydrogen-bond acceptors (Lipinski definition) is 15. The van der Waals surface area contributed by atoms with Crippen LogP contribution < -0.4 is 0 Å². The van der Waals surface area contributed by atoms with E-state index < -0.39 is 84.9 Å². The summed E-state index contributed by atoms with van der Waals surface area (Å²) < 4.78 is 53.1. The molecule has 0 saturated carbocycles. The van der Waals surface area contributed by atoms with Gasteiger partial charge in [-0.15, -0.1) is 0 Å². The molecular formula is C39H47N3O14. The van der Waals surface area contributed by atoms with Crippen LogP contribution in [-0.2, 0) is 79.8 Å². The monoisotopic (exact) mass is 781 g/mol. The van der Waals surface area contributed by atoms with Crippen molar-refractivity contribution in [2.24, 2.45) is 10.5 Å². The fraction of sp³-hybridized carbons (Fsp3) is 0.513. The molecule has 0 bridgehead atoms. The van der Waals surface area contributed by atoms with Crippen molar-refractivity contribution >= 4 is 29.7 Å². The minimum absolute atomic E-state index is 0.0505. The number of ketones is 1. The molecule has 4 rings (SSSR count). The van der Waals surface area contributed by atoms with Crippen LogP contribution in [0.2, 0.25) is 0 Å². The zero-order valence-electron chi connectivity index (χ0n) is 32.1. The maximum atomic E-state index is 13.3. The fourth-order valence-electron chi connectivity index (χ4n) is 5.60. The summed E-state index contributed by atoms with van der Waals surface area (Å²) in [5.41, 5.74) is 10.3.